The van der Waals surface area contributed by atoms with Crippen molar-refractivity contribution in [1.82, 2.24) is 4.90 Å². The molecule has 0 aromatic heterocycles. The number of carbonyl (C=O) groups is 1. The Morgan fingerprint density at radius 3 is 2.41 bits per heavy atom. The second kappa shape index (κ2) is 4.96. The number of likely N-dealkylation sites (tertiary alicyclic amines) is 1. The topological polar surface area (TPSA) is 54.5 Å². The summed E-state index contributed by atoms with van der Waals surface area (Å²) in [5.41, 5.74) is 0. The molecule has 0 radical (unpaired) electrons. The summed E-state index contributed by atoms with van der Waals surface area (Å²) in [6.07, 6.45) is 7.30. The van der Waals surface area contributed by atoms with Gasteiger partial charge in [-0.2, -0.15) is 0 Å². The van der Waals surface area contributed by atoms with Crippen LogP contribution in [0, 0.1) is 5.92 Å². The molecule has 5 heteroatoms. The van der Waals surface area contributed by atoms with E-state index in [4.69, 9.17) is 0 Å². The van der Waals surface area contributed by atoms with Crippen molar-refractivity contribution in [2.45, 2.75) is 43.8 Å². The van der Waals surface area contributed by atoms with E-state index in [2.05, 4.69) is 0 Å². The maximum absolute atomic E-state index is 12.0. The average molecular weight is 259 g/mol. The van der Waals surface area contributed by atoms with Crippen LogP contribution < -0.4 is 0 Å². The van der Waals surface area contributed by atoms with Crippen molar-refractivity contribution in [3.63, 3.8) is 0 Å². The number of carbonyl (C=O) groups excluding carboxylic acids is 1. The van der Waals surface area contributed by atoms with E-state index in [1.54, 1.807) is 4.90 Å². The van der Waals surface area contributed by atoms with Gasteiger partial charge in [0, 0.05) is 25.8 Å². The van der Waals surface area contributed by atoms with Crippen LogP contribution in [0.5, 0.6) is 0 Å². The highest BCUT2D eigenvalue weighted by atomic mass is 32.2. The summed E-state index contributed by atoms with van der Waals surface area (Å²) in [6, 6.07) is 0. The molecular formula is C12H21NO3S. The van der Waals surface area contributed by atoms with Crippen LogP contribution >= 0.6 is 0 Å². The molecule has 2 rings (SSSR count). The first kappa shape index (κ1) is 12.9. The van der Waals surface area contributed by atoms with Gasteiger partial charge in [0.15, 0.2) is 9.84 Å². The van der Waals surface area contributed by atoms with Crippen LogP contribution in [0.25, 0.3) is 0 Å². The van der Waals surface area contributed by atoms with E-state index in [1.807, 2.05) is 0 Å². The summed E-state index contributed by atoms with van der Waals surface area (Å²) in [4.78, 5) is 13.7. The van der Waals surface area contributed by atoms with Crippen molar-refractivity contribution in [3.8, 4) is 0 Å². The molecule has 4 nitrogen and oxygen atoms in total. The third-order valence-electron chi connectivity index (χ3n) is 4.04. The standard InChI is InChI=1S/C12H21NO3S/c1-17(15,16)11-6-7-13(9-11)12(14)8-10-4-2-3-5-10/h10-11H,2-9H2,1H3/t11-/m0/s1. The first-order valence-corrected chi connectivity index (χ1v) is 8.39. The molecule has 1 amide bonds. The maximum atomic E-state index is 12.0. The molecule has 0 aromatic carbocycles. The van der Waals surface area contributed by atoms with Crippen LogP contribution in [0.15, 0.2) is 0 Å². The Morgan fingerprint density at radius 1 is 1.24 bits per heavy atom. The van der Waals surface area contributed by atoms with E-state index >= 15 is 0 Å². The van der Waals surface area contributed by atoms with Crippen LogP contribution in [-0.2, 0) is 14.6 Å². The molecule has 1 aliphatic carbocycles. The van der Waals surface area contributed by atoms with Gasteiger partial charge in [-0.1, -0.05) is 12.8 Å². The number of amides is 1. The lowest BCUT2D eigenvalue weighted by molar-refractivity contribution is -0.131. The molecule has 0 aromatic rings. The lowest BCUT2D eigenvalue weighted by atomic mass is 10.0. The number of nitrogens with zero attached hydrogens (tertiary/aromatic N) is 1. The molecule has 0 spiro atoms. The highest BCUT2D eigenvalue weighted by molar-refractivity contribution is 7.91. The Balaban J connectivity index is 1.85. The van der Waals surface area contributed by atoms with Crippen LogP contribution in [0.2, 0.25) is 0 Å². The van der Waals surface area contributed by atoms with Crippen molar-refractivity contribution in [3.05, 3.63) is 0 Å². The summed E-state index contributed by atoms with van der Waals surface area (Å²) >= 11 is 0. The minimum Gasteiger partial charge on any atom is -0.341 e. The molecular weight excluding hydrogens is 238 g/mol. The van der Waals surface area contributed by atoms with E-state index in [0.29, 0.717) is 31.8 Å². The van der Waals surface area contributed by atoms with Gasteiger partial charge in [0.2, 0.25) is 5.91 Å². The fourth-order valence-electron chi connectivity index (χ4n) is 2.89. The lowest BCUT2D eigenvalue weighted by Crippen LogP contribution is -2.32. The van der Waals surface area contributed by atoms with Crippen molar-refractivity contribution < 1.29 is 13.2 Å². The fraction of sp³-hybridized carbons (Fsp3) is 0.917. The average Bonchev–Trinajstić information content (AvgIpc) is 2.85. The van der Waals surface area contributed by atoms with Crippen LogP contribution in [0.1, 0.15) is 38.5 Å². The van der Waals surface area contributed by atoms with Gasteiger partial charge >= 0.3 is 0 Å². The van der Waals surface area contributed by atoms with Gasteiger partial charge < -0.3 is 4.90 Å². The van der Waals surface area contributed by atoms with Crippen LogP contribution in [0.3, 0.4) is 0 Å². The fourth-order valence-corrected chi connectivity index (χ4v) is 3.88. The number of rotatable bonds is 3. The third-order valence-corrected chi connectivity index (χ3v) is 5.64. The van der Waals surface area contributed by atoms with Gasteiger partial charge in [0.25, 0.3) is 0 Å². The molecule has 17 heavy (non-hydrogen) atoms. The van der Waals surface area contributed by atoms with Gasteiger partial charge in [-0.15, -0.1) is 0 Å². The Bertz CT molecular complexity index is 385. The quantitative estimate of drug-likeness (QED) is 0.765. The van der Waals surface area contributed by atoms with E-state index in [1.165, 1.54) is 19.1 Å². The molecule has 1 heterocycles. The maximum Gasteiger partial charge on any atom is 0.222 e. The number of hydrogen-bond donors (Lipinski definition) is 0. The summed E-state index contributed by atoms with van der Waals surface area (Å²) in [5.74, 6) is 0.697. The van der Waals surface area contributed by atoms with Gasteiger partial charge in [0.05, 0.1) is 5.25 Å². The second-order valence-corrected chi connectivity index (χ2v) is 7.76. The largest absolute Gasteiger partial charge is 0.341 e. The molecule has 1 saturated heterocycles. The summed E-state index contributed by atoms with van der Waals surface area (Å²) in [5, 5.41) is -0.338. The van der Waals surface area contributed by atoms with Crippen molar-refractivity contribution in [2.75, 3.05) is 19.3 Å². The van der Waals surface area contributed by atoms with E-state index in [9.17, 15) is 13.2 Å². The van der Waals surface area contributed by atoms with Gasteiger partial charge in [-0.05, 0) is 25.2 Å². The zero-order valence-electron chi connectivity index (χ0n) is 10.4. The van der Waals surface area contributed by atoms with Gasteiger partial charge in [0.1, 0.15) is 0 Å². The zero-order valence-corrected chi connectivity index (χ0v) is 11.2. The van der Waals surface area contributed by atoms with Crippen molar-refractivity contribution in [1.29, 1.82) is 0 Å². The summed E-state index contributed by atoms with van der Waals surface area (Å²) < 4.78 is 22.8. The van der Waals surface area contributed by atoms with E-state index < -0.39 is 9.84 Å². The number of sulfone groups is 1. The zero-order chi connectivity index (χ0) is 12.5. The summed E-state index contributed by atoms with van der Waals surface area (Å²) in [7, 11) is -2.99. The Labute approximate surface area is 103 Å². The van der Waals surface area contributed by atoms with Gasteiger partial charge in [-0.25, -0.2) is 8.42 Å². The SMILES string of the molecule is CS(=O)(=O)[C@H]1CCN(C(=O)CC2CCCC2)C1. The molecule has 1 saturated carbocycles. The monoisotopic (exact) mass is 259 g/mol. The minimum absolute atomic E-state index is 0.156. The predicted octanol–water partition coefficient (Wildman–Crippen LogP) is 1.21. The Morgan fingerprint density at radius 2 is 1.88 bits per heavy atom. The Hall–Kier alpha value is -0.580. The molecule has 1 atom stereocenters. The Kier molecular flexibility index (Phi) is 3.76. The highest BCUT2D eigenvalue weighted by Gasteiger charge is 2.33. The predicted molar refractivity (Wildman–Crippen MR) is 66.4 cm³/mol. The molecule has 0 bridgehead atoms. The molecule has 2 aliphatic rings. The first-order valence-electron chi connectivity index (χ1n) is 6.43. The number of hydrogen-bond acceptors (Lipinski definition) is 3. The van der Waals surface area contributed by atoms with E-state index in [-0.39, 0.29) is 11.2 Å². The smallest absolute Gasteiger partial charge is 0.222 e. The van der Waals surface area contributed by atoms with E-state index in [0.717, 1.165) is 12.8 Å². The molecule has 0 N–H and O–H groups in total. The third kappa shape index (κ3) is 3.21. The van der Waals surface area contributed by atoms with Crippen molar-refractivity contribution in [2.24, 2.45) is 5.92 Å². The summed E-state index contributed by atoms with van der Waals surface area (Å²) in [6.45, 7) is 1.02. The minimum atomic E-state index is -2.99. The molecule has 0 unspecified atom stereocenters. The van der Waals surface area contributed by atoms with Gasteiger partial charge in [-0.3, -0.25) is 4.79 Å². The highest BCUT2D eigenvalue weighted by Crippen LogP contribution is 2.29. The molecule has 98 valence electrons. The molecule has 1 aliphatic heterocycles. The van der Waals surface area contributed by atoms with Crippen LogP contribution in [0.4, 0.5) is 0 Å². The molecule has 2 fully saturated rings. The van der Waals surface area contributed by atoms with Crippen LogP contribution in [-0.4, -0.2) is 43.8 Å². The second-order valence-electron chi connectivity index (χ2n) is 5.43. The normalized spacial score (nSPS) is 26.6. The van der Waals surface area contributed by atoms with Crippen molar-refractivity contribution >= 4 is 15.7 Å². The first-order chi connectivity index (χ1) is 7.97. The lowest BCUT2D eigenvalue weighted by Gasteiger charge is -2.18.